The Morgan fingerprint density at radius 3 is 2.75 bits per heavy atom. The molecule has 2 aliphatic carbocycles. The maximum Gasteiger partial charge on any atom is 0.158 e. The Labute approximate surface area is 147 Å². The number of carbonyl (C=O) groups excluding carboxylic acids is 1. The molecule has 0 saturated heterocycles. The fraction of sp³-hybridized carbons (Fsp3) is 0.762. The van der Waals surface area contributed by atoms with Crippen molar-refractivity contribution in [2.24, 2.45) is 22.7 Å². The molecule has 0 spiro atoms. The number of aliphatic hydroxyl groups is 1. The summed E-state index contributed by atoms with van der Waals surface area (Å²) in [6, 6.07) is 0. The highest BCUT2D eigenvalue weighted by molar-refractivity contribution is 5.73. The van der Waals surface area contributed by atoms with Crippen LogP contribution in [0, 0.1) is 22.7 Å². The van der Waals surface area contributed by atoms with Crippen molar-refractivity contribution in [3.63, 3.8) is 0 Å². The van der Waals surface area contributed by atoms with E-state index in [4.69, 9.17) is 4.74 Å². The molecule has 0 radical (unpaired) electrons. The lowest BCUT2D eigenvalue weighted by atomic mass is 9.47. The van der Waals surface area contributed by atoms with Crippen LogP contribution in [0.15, 0.2) is 23.8 Å². The maximum atomic E-state index is 11.3. The van der Waals surface area contributed by atoms with E-state index >= 15 is 0 Å². The van der Waals surface area contributed by atoms with Crippen LogP contribution in [0.3, 0.4) is 0 Å². The molecule has 2 saturated carbocycles. The van der Waals surface area contributed by atoms with Crippen molar-refractivity contribution in [1.29, 1.82) is 0 Å². The Bertz CT molecular complexity index is 505. The van der Waals surface area contributed by atoms with Crippen LogP contribution >= 0.6 is 0 Å². The first kappa shape index (κ1) is 19.4. The smallest absolute Gasteiger partial charge is 0.158 e. The molecular formula is C21H34O3. The molecule has 0 aliphatic heterocycles. The lowest BCUT2D eigenvalue weighted by molar-refractivity contribution is -0.107. The van der Waals surface area contributed by atoms with E-state index in [1.807, 2.05) is 6.08 Å². The molecule has 4 atom stereocenters. The van der Waals surface area contributed by atoms with E-state index in [9.17, 15) is 9.90 Å². The highest BCUT2D eigenvalue weighted by Gasteiger charge is 2.52. The number of hydrogen-bond acceptors (Lipinski definition) is 3. The van der Waals surface area contributed by atoms with Crippen molar-refractivity contribution in [3.8, 4) is 0 Å². The average molecular weight is 335 g/mol. The van der Waals surface area contributed by atoms with Gasteiger partial charge in [0.2, 0.25) is 0 Å². The Morgan fingerprint density at radius 1 is 1.42 bits per heavy atom. The van der Waals surface area contributed by atoms with E-state index < -0.39 is 6.29 Å². The van der Waals surface area contributed by atoms with Crippen LogP contribution in [0.2, 0.25) is 0 Å². The second-order valence-corrected chi connectivity index (χ2v) is 8.68. The van der Waals surface area contributed by atoms with Gasteiger partial charge in [0.05, 0.1) is 0 Å². The fourth-order valence-corrected chi connectivity index (χ4v) is 5.44. The molecule has 3 nitrogen and oxygen atoms in total. The van der Waals surface area contributed by atoms with Gasteiger partial charge in [0.1, 0.15) is 6.29 Å². The SMILES string of the molecule is C=C1CCC2C(C)(C)CCCC2(C)C1CC=C(C=O)CC(O)OC. The van der Waals surface area contributed by atoms with E-state index in [0.717, 1.165) is 19.1 Å². The lowest BCUT2D eigenvalue weighted by Gasteiger charge is -2.58. The minimum atomic E-state index is -0.909. The van der Waals surface area contributed by atoms with Gasteiger partial charge in [-0.15, -0.1) is 0 Å². The molecule has 0 aromatic carbocycles. The first-order valence-electron chi connectivity index (χ1n) is 9.27. The van der Waals surface area contributed by atoms with Crippen LogP contribution in [-0.2, 0) is 9.53 Å². The van der Waals surface area contributed by atoms with Gasteiger partial charge in [-0.05, 0) is 60.3 Å². The van der Waals surface area contributed by atoms with Gasteiger partial charge in [0, 0.05) is 13.5 Å². The summed E-state index contributed by atoms with van der Waals surface area (Å²) in [6.07, 6.45) is 9.20. The number of fused-ring (bicyclic) bond motifs is 1. The molecule has 0 bridgehead atoms. The molecule has 0 aromatic heterocycles. The van der Waals surface area contributed by atoms with Gasteiger partial charge in [0.15, 0.2) is 6.29 Å². The van der Waals surface area contributed by atoms with Crippen molar-refractivity contribution >= 4 is 6.29 Å². The van der Waals surface area contributed by atoms with Crippen molar-refractivity contribution in [2.75, 3.05) is 7.11 Å². The van der Waals surface area contributed by atoms with Gasteiger partial charge in [-0.1, -0.05) is 45.4 Å². The third kappa shape index (κ3) is 3.83. The molecule has 0 heterocycles. The summed E-state index contributed by atoms with van der Waals surface area (Å²) in [6.45, 7) is 11.6. The van der Waals surface area contributed by atoms with Crippen molar-refractivity contribution in [1.82, 2.24) is 0 Å². The van der Waals surface area contributed by atoms with Crippen LogP contribution in [0.4, 0.5) is 0 Å². The van der Waals surface area contributed by atoms with E-state index in [-0.39, 0.29) is 11.8 Å². The van der Waals surface area contributed by atoms with E-state index in [1.54, 1.807) is 0 Å². The van der Waals surface area contributed by atoms with Crippen LogP contribution in [0.5, 0.6) is 0 Å². The Hall–Kier alpha value is -0.930. The summed E-state index contributed by atoms with van der Waals surface area (Å²) in [5, 5.41) is 9.62. The summed E-state index contributed by atoms with van der Waals surface area (Å²) >= 11 is 0. The fourth-order valence-electron chi connectivity index (χ4n) is 5.44. The second kappa shape index (κ2) is 7.53. The van der Waals surface area contributed by atoms with Gasteiger partial charge >= 0.3 is 0 Å². The zero-order valence-corrected chi connectivity index (χ0v) is 15.8. The third-order valence-electron chi connectivity index (χ3n) is 6.77. The average Bonchev–Trinajstić information content (AvgIpc) is 2.51. The number of methoxy groups -OCH3 is 1. The Balaban J connectivity index is 2.20. The topological polar surface area (TPSA) is 46.5 Å². The standard InChI is InChI=1S/C21H34O3/c1-15-7-10-18-20(2,3)11-6-12-21(18,4)17(15)9-8-16(14-22)13-19(23)24-5/h8,14,17-19,23H,1,6-7,9-13H2,2-5H3. The van der Waals surface area contributed by atoms with Gasteiger partial charge in [0.25, 0.3) is 0 Å². The van der Waals surface area contributed by atoms with E-state index in [2.05, 4.69) is 27.4 Å². The predicted molar refractivity (Wildman–Crippen MR) is 97.5 cm³/mol. The van der Waals surface area contributed by atoms with Crippen LogP contribution in [-0.4, -0.2) is 24.8 Å². The predicted octanol–water partition coefficient (Wildman–Crippen LogP) is 4.66. The first-order chi connectivity index (χ1) is 11.2. The van der Waals surface area contributed by atoms with Gasteiger partial charge in [-0.3, -0.25) is 4.79 Å². The van der Waals surface area contributed by atoms with Gasteiger partial charge < -0.3 is 9.84 Å². The number of aldehydes is 1. The van der Waals surface area contributed by atoms with Crippen LogP contribution < -0.4 is 0 Å². The Kier molecular flexibility index (Phi) is 6.09. The van der Waals surface area contributed by atoms with Crippen molar-refractivity contribution < 1.29 is 14.6 Å². The molecule has 136 valence electrons. The summed E-state index contributed by atoms with van der Waals surface area (Å²) in [7, 11) is 1.45. The lowest BCUT2D eigenvalue weighted by Crippen LogP contribution is -2.49. The quantitative estimate of drug-likeness (QED) is 0.333. The van der Waals surface area contributed by atoms with Crippen molar-refractivity contribution in [2.45, 2.75) is 72.0 Å². The molecule has 1 N–H and O–H groups in total. The monoisotopic (exact) mass is 334 g/mol. The molecule has 4 unspecified atom stereocenters. The number of aliphatic hydroxyl groups excluding tert-OH is 1. The van der Waals surface area contributed by atoms with E-state index in [1.165, 1.54) is 38.4 Å². The number of rotatable bonds is 6. The maximum absolute atomic E-state index is 11.3. The molecule has 0 amide bonds. The second-order valence-electron chi connectivity index (χ2n) is 8.68. The highest BCUT2D eigenvalue weighted by atomic mass is 16.6. The van der Waals surface area contributed by atoms with E-state index in [0.29, 0.717) is 22.8 Å². The summed E-state index contributed by atoms with van der Waals surface area (Å²) < 4.78 is 4.87. The number of hydrogen-bond donors (Lipinski definition) is 1. The van der Waals surface area contributed by atoms with Gasteiger partial charge in [-0.2, -0.15) is 0 Å². The molecular weight excluding hydrogens is 300 g/mol. The summed E-state index contributed by atoms with van der Waals surface area (Å²) in [5.74, 6) is 1.14. The molecule has 0 aromatic rings. The molecule has 2 fully saturated rings. The molecule has 3 heteroatoms. The first-order valence-corrected chi connectivity index (χ1v) is 9.27. The molecule has 2 rings (SSSR count). The molecule has 2 aliphatic rings. The summed E-state index contributed by atoms with van der Waals surface area (Å²) in [5.41, 5.74) is 2.61. The minimum absolute atomic E-state index is 0.255. The normalized spacial score (nSPS) is 34.5. The molecule has 24 heavy (non-hydrogen) atoms. The largest absolute Gasteiger partial charge is 0.368 e. The number of allylic oxidation sites excluding steroid dienone is 2. The highest BCUT2D eigenvalue weighted by Crippen LogP contribution is 2.61. The van der Waals surface area contributed by atoms with Gasteiger partial charge in [-0.25, -0.2) is 0 Å². The number of carbonyl (C=O) groups is 1. The van der Waals surface area contributed by atoms with Crippen molar-refractivity contribution in [3.05, 3.63) is 23.8 Å². The van der Waals surface area contributed by atoms with Crippen LogP contribution in [0.1, 0.15) is 65.7 Å². The zero-order valence-electron chi connectivity index (χ0n) is 15.8. The third-order valence-corrected chi connectivity index (χ3v) is 6.77. The Morgan fingerprint density at radius 2 is 2.12 bits per heavy atom. The number of ether oxygens (including phenoxy) is 1. The minimum Gasteiger partial charge on any atom is -0.368 e. The zero-order chi connectivity index (χ0) is 18.0. The van der Waals surface area contributed by atoms with Crippen LogP contribution in [0.25, 0.3) is 0 Å². The summed E-state index contributed by atoms with van der Waals surface area (Å²) in [4.78, 5) is 11.3.